The average Bonchev–Trinajstić information content (AvgIpc) is 2.47. The Hall–Kier alpha value is -2.66. The summed E-state index contributed by atoms with van der Waals surface area (Å²) >= 11 is 0. The molecule has 1 aromatic rings. The summed E-state index contributed by atoms with van der Waals surface area (Å²) < 4.78 is 37.4. The maximum Gasteiger partial charge on any atom is 0.416 e. The third kappa shape index (κ3) is 5.21. The number of hydrogen-bond donors (Lipinski definition) is 2. The molecule has 0 bridgehead atoms. The van der Waals surface area contributed by atoms with Crippen molar-refractivity contribution in [3.8, 4) is 6.07 Å². The van der Waals surface area contributed by atoms with Crippen LogP contribution in [0.25, 0.3) is 0 Å². The second-order valence-electron chi connectivity index (χ2n) is 5.16. The maximum absolute atomic E-state index is 12.5. The molecule has 0 aromatic heterocycles. The molecule has 0 aliphatic heterocycles. The fraction of sp³-hybridized carbons (Fsp3) is 0.312. The van der Waals surface area contributed by atoms with E-state index in [1.54, 1.807) is 0 Å². The number of aliphatic hydroxyl groups is 1. The molecule has 128 valence electrons. The van der Waals surface area contributed by atoms with Crippen molar-refractivity contribution in [1.29, 1.82) is 5.26 Å². The molecule has 0 saturated carbocycles. The third-order valence-electron chi connectivity index (χ3n) is 3.16. The summed E-state index contributed by atoms with van der Waals surface area (Å²) in [5.41, 5.74) is -0.567. The molecule has 2 unspecified atom stereocenters. The first kappa shape index (κ1) is 19.4. The number of aliphatic hydroxyl groups excluding tert-OH is 1. The number of halogens is 3. The number of ketones is 1. The molecule has 1 aromatic carbocycles. The molecular weight excluding hydrogens is 325 g/mol. The van der Waals surface area contributed by atoms with Crippen LogP contribution in [0.15, 0.2) is 36.4 Å². The van der Waals surface area contributed by atoms with E-state index >= 15 is 0 Å². The van der Waals surface area contributed by atoms with Crippen LogP contribution in [0.2, 0.25) is 0 Å². The van der Waals surface area contributed by atoms with Gasteiger partial charge in [-0.25, -0.2) is 0 Å². The number of benzene rings is 1. The SMILES string of the molecule is C=C(C)C(O)CC(=O)C(C#N)C(=O)Nc1ccc(C(F)(F)F)cc1. The molecule has 0 aliphatic rings. The highest BCUT2D eigenvalue weighted by Gasteiger charge is 2.31. The molecule has 0 aliphatic carbocycles. The van der Waals surface area contributed by atoms with Gasteiger partial charge in [0, 0.05) is 12.1 Å². The van der Waals surface area contributed by atoms with Gasteiger partial charge < -0.3 is 10.4 Å². The molecule has 1 amide bonds. The molecule has 2 N–H and O–H groups in total. The van der Waals surface area contributed by atoms with Crippen molar-refractivity contribution >= 4 is 17.4 Å². The highest BCUT2D eigenvalue weighted by molar-refractivity contribution is 6.09. The highest BCUT2D eigenvalue weighted by atomic mass is 19.4. The number of hydrogen-bond acceptors (Lipinski definition) is 4. The van der Waals surface area contributed by atoms with E-state index in [2.05, 4.69) is 11.9 Å². The van der Waals surface area contributed by atoms with Crippen molar-refractivity contribution in [3.63, 3.8) is 0 Å². The van der Waals surface area contributed by atoms with Crippen LogP contribution in [0.5, 0.6) is 0 Å². The summed E-state index contributed by atoms with van der Waals surface area (Å²) in [6.07, 6.45) is -6.13. The van der Waals surface area contributed by atoms with E-state index in [1.807, 2.05) is 0 Å². The predicted molar refractivity (Wildman–Crippen MR) is 79.6 cm³/mol. The van der Waals surface area contributed by atoms with Gasteiger partial charge in [0.1, 0.15) is 0 Å². The lowest BCUT2D eigenvalue weighted by Gasteiger charge is -2.13. The molecule has 0 radical (unpaired) electrons. The number of nitrogens with zero attached hydrogens (tertiary/aromatic N) is 1. The van der Waals surface area contributed by atoms with E-state index in [1.165, 1.54) is 13.0 Å². The molecule has 0 heterocycles. The summed E-state index contributed by atoms with van der Waals surface area (Å²) in [6, 6.07) is 5.09. The smallest absolute Gasteiger partial charge is 0.388 e. The lowest BCUT2D eigenvalue weighted by atomic mass is 9.97. The van der Waals surface area contributed by atoms with Crippen molar-refractivity contribution in [2.45, 2.75) is 25.6 Å². The number of nitriles is 1. The Labute approximate surface area is 136 Å². The van der Waals surface area contributed by atoms with Crippen molar-refractivity contribution in [2.24, 2.45) is 5.92 Å². The fourth-order valence-electron chi connectivity index (χ4n) is 1.72. The second kappa shape index (κ2) is 7.75. The Balaban J connectivity index is 2.79. The molecule has 24 heavy (non-hydrogen) atoms. The molecule has 0 fully saturated rings. The van der Waals surface area contributed by atoms with Gasteiger partial charge >= 0.3 is 6.18 Å². The van der Waals surface area contributed by atoms with Crippen molar-refractivity contribution < 1.29 is 27.9 Å². The Morgan fingerprint density at radius 1 is 1.33 bits per heavy atom. The number of alkyl halides is 3. The van der Waals surface area contributed by atoms with Crippen molar-refractivity contribution in [1.82, 2.24) is 0 Å². The zero-order valence-corrected chi connectivity index (χ0v) is 12.7. The topological polar surface area (TPSA) is 90.2 Å². The first-order valence-corrected chi connectivity index (χ1v) is 6.80. The summed E-state index contributed by atoms with van der Waals surface area (Å²) in [7, 11) is 0. The van der Waals surface area contributed by atoms with Crippen LogP contribution in [0.1, 0.15) is 18.9 Å². The molecule has 5 nitrogen and oxygen atoms in total. The summed E-state index contributed by atoms with van der Waals surface area (Å²) in [4.78, 5) is 23.8. The van der Waals surface area contributed by atoms with Crippen LogP contribution in [0.4, 0.5) is 18.9 Å². The Bertz CT molecular complexity index is 675. The minimum atomic E-state index is -4.51. The van der Waals surface area contributed by atoms with Crippen LogP contribution >= 0.6 is 0 Å². The normalized spacial score (nSPS) is 13.5. The number of anilines is 1. The van der Waals surface area contributed by atoms with Gasteiger partial charge in [-0.2, -0.15) is 18.4 Å². The van der Waals surface area contributed by atoms with Gasteiger partial charge in [0.15, 0.2) is 11.7 Å². The molecule has 8 heteroatoms. The molecular formula is C16H15F3N2O3. The van der Waals surface area contributed by atoms with Gasteiger partial charge in [-0.05, 0) is 31.2 Å². The van der Waals surface area contributed by atoms with Gasteiger partial charge in [-0.15, -0.1) is 0 Å². The largest absolute Gasteiger partial charge is 0.416 e. The lowest BCUT2D eigenvalue weighted by Crippen LogP contribution is -2.31. The standard InChI is InChI=1S/C16H15F3N2O3/c1-9(2)13(22)7-14(23)12(8-20)15(24)21-11-5-3-10(4-6-11)16(17,18)19/h3-6,12-13,22H,1,7H2,2H3,(H,21,24). The first-order chi connectivity index (χ1) is 11.1. The van der Waals surface area contributed by atoms with Gasteiger partial charge in [0.2, 0.25) is 5.91 Å². The first-order valence-electron chi connectivity index (χ1n) is 6.80. The monoisotopic (exact) mass is 340 g/mol. The zero-order valence-electron chi connectivity index (χ0n) is 12.7. The van der Waals surface area contributed by atoms with E-state index in [0.29, 0.717) is 5.57 Å². The van der Waals surface area contributed by atoms with E-state index in [0.717, 1.165) is 24.3 Å². The number of amides is 1. The molecule has 1 rings (SSSR count). The fourth-order valence-corrected chi connectivity index (χ4v) is 1.72. The predicted octanol–water partition coefficient (Wildman–Crippen LogP) is 2.68. The van der Waals surface area contributed by atoms with Gasteiger partial charge in [-0.3, -0.25) is 9.59 Å². The lowest BCUT2D eigenvalue weighted by molar-refractivity contribution is -0.137. The summed E-state index contributed by atoms with van der Waals surface area (Å²) in [5, 5.41) is 20.7. The summed E-state index contributed by atoms with van der Waals surface area (Å²) in [5.74, 6) is -3.46. The number of carbonyl (C=O) groups excluding carboxylic acids is 2. The quantitative estimate of drug-likeness (QED) is 0.615. The molecule has 0 saturated heterocycles. The third-order valence-corrected chi connectivity index (χ3v) is 3.16. The van der Waals surface area contributed by atoms with Gasteiger partial charge in [0.25, 0.3) is 0 Å². The highest BCUT2D eigenvalue weighted by Crippen LogP contribution is 2.29. The van der Waals surface area contributed by atoms with E-state index in [4.69, 9.17) is 5.26 Å². The van der Waals surface area contributed by atoms with E-state index in [9.17, 15) is 27.9 Å². The molecule has 0 spiro atoms. The Morgan fingerprint density at radius 3 is 2.29 bits per heavy atom. The summed E-state index contributed by atoms with van der Waals surface area (Å²) in [6.45, 7) is 4.94. The van der Waals surface area contributed by atoms with Gasteiger partial charge in [-0.1, -0.05) is 12.2 Å². The zero-order chi connectivity index (χ0) is 18.5. The minimum Gasteiger partial charge on any atom is -0.388 e. The number of nitrogens with one attached hydrogen (secondary N) is 1. The van der Waals surface area contributed by atoms with Crippen LogP contribution in [-0.2, 0) is 15.8 Å². The van der Waals surface area contributed by atoms with E-state index in [-0.39, 0.29) is 5.69 Å². The number of carbonyl (C=O) groups is 2. The van der Waals surface area contributed by atoms with Crippen LogP contribution in [0, 0.1) is 17.2 Å². The Morgan fingerprint density at radius 2 is 1.88 bits per heavy atom. The Kier molecular flexibility index (Phi) is 6.26. The van der Waals surface area contributed by atoms with Gasteiger partial charge in [0.05, 0.1) is 17.7 Å². The number of rotatable bonds is 6. The number of Topliss-reactive ketones (excluding diaryl/α,β-unsaturated/α-hetero) is 1. The van der Waals surface area contributed by atoms with Crippen LogP contribution in [-0.4, -0.2) is 22.9 Å². The van der Waals surface area contributed by atoms with Crippen molar-refractivity contribution in [3.05, 3.63) is 42.0 Å². The average molecular weight is 340 g/mol. The molecule has 2 atom stereocenters. The minimum absolute atomic E-state index is 0.0153. The van der Waals surface area contributed by atoms with Crippen molar-refractivity contribution in [2.75, 3.05) is 5.32 Å². The second-order valence-corrected chi connectivity index (χ2v) is 5.16. The van der Waals surface area contributed by atoms with E-state index < -0.39 is 41.9 Å². The van der Waals surface area contributed by atoms with Crippen LogP contribution in [0.3, 0.4) is 0 Å². The van der Waals surface area contributed by atoms with Crippen LogP contribution < -0.4 is 5.32 Å². The maximum atomic E-state index is 12.5.